The van der Waals surface area contributed by atoms with Crippen LogP contribution in [0, 0.1) is 5.92 Å². The van der Waals surface area contributed by atoms with Gasteiger partial charge in [-0.15, -0.1) is 0 Å². The van der Waals surface area contributed by atoms with Gasteiger partial charge in [0.05, 0.1) is 7.11 Å². The molecule has 0 spiro atoms. The molecule has 4 rings (SSSR count). The summed E-state index contributed by atoms with van der Waals surface area (Å²) >= 11 is 0. The summed E-state index contributed by atoms with van der Waals surface area (Å²) in [5, 5.41) is 0. The number of hydrogen-bond donors (Lipinski definition) is 0. The summed E-state index contributed by atoms with van der Waals surface area (Å²) in [6.45, 7) is 6.81. The van der Waals surface area contributed by atoms with Gasteiger partial charge in [-0.25, -0.2) is 8.42 Å². The van der Waals surface area contributed by atoms with E-state index in [4.69, 9.17) is 4.74 Å². The maximum atomic E-state index is 13.4. The molecule has 0 bridgehead atoms. The number of sulfonamides is 1. The summed E-state index contributed by atoms with van der Waals surface area (Å²) < 4.78 is 33.7. The molecule has 2 aliphatic heterocycles. The van der Waals surface area contributed by atoms with Crippen molar-refractivity contribution in [2.45, 2.75) is 56.9 Å². The number of benzene rings is 2. The van der Waals surface area contributed by atoms with Gasteiger partial charge in [-0.1, -0.05) is 38.1 Å². The topological polar surface area (TPSA) is 66.9 Å². The van der Waals surface area contributed by atoms with Gasteiger partial charge in [0.25, 0.3) is 0 Å². The zero-order chi connectivity index (χ0) is 23.0. The largest absolute Gasteiger partial charge is 0.495 e. The molecule has 2 heterocycles. The quantitative estimate of drug-likeness (QED) is 0.676. The zero-order valence-corrected chi connectivity index (χ0v) is 20.1. The Labute approximate surface area is 191 Å². The highest BCUT2D eigenvalue weighted by Gasteiger charge is 2.38. The van der Waals surface area contributed by atoms with Crippen LogP contribution in [-0.4, -0.2) is 44.9 Å². The molecular weight excluding hydrogens is 424 g/mol. The van der Waals surface area contributed by atoms with E-state index in [1.54, 1.807) is 12.1 Å². The van der Waals surface area contributed by atoms with E-state index >= 15 is 0 Å². The van der Waals surface area contributed by atoms with Crippen molar-refractivity contribution in [2.75, 3.05) is 25.1 Å². The summed E-state index contributed by atoms with van der Waals surface area (Å²) in [5.74, 6) is 0.511. The highest BCUT2D eigenvalue weighted by Crippen LogP contribution is 2.36. The van der Waals surface area contributed by atoms with Crippen molar-refractivity contribution >= 4 is 21.6 Å². The number of nitrogens with zero attached hydrogens (tertiary/aromatic N) is 2. The predicted octanol–water partition coefficient (Wildman–Crippen LogP) is 4.20. The lowest BCUT2D eigenvalue weighted by molar-refractivity contribution is -0.123. The number of carbonyl (C=O) groups excluding carboxylic acids is 1. The average molecular weight is 457 g/mol. The van der Waals surface area contributed by atoms with Crippen LogP contribution in [0.15, 0.2) is 47.4 Å². The molecule has 0 N–H and O–H groups in total. The smallest absolute Gasteiger partial charge is 0.246 e. The second-order valence-corrected chi connectivity index (χ2v) is 11.0. The van der Waals surface area contributed by atoms with Crippen LogP contribution in [0.4, 0.5) is 5.69 Å². The van der Waals surface area contributed by atoms with Crippen LogP contribution in [0.2, 0.25) is 0 Å². The molecule has 1 saturated heterocycles. The Bertz CT molecular complexity index is 1100. The Morgan fingerprint density at radius 3 is 2.44 bits per heavy atom. The van der Waals surface area contributed by atoms with E-state index in [0.717, 1.165) is 17.7 Å². The molecule has 7 heteroatoms. The average Bonchev–Trinajstić information content (AvgIpc) is 3.13. The summed E-state index contributed by atoms with van der Waals surface area (Å²) in [6, 6.07) is 13.5. The van der Waals surface area contributed by atoms with Crippen LogP contribution in [0.5, 0.6) is 5.75 Å². The highest BCUT2D eigenvalue weighted by atomic mass is 32.2. The molecule has 1 fully saturated rings. The molecule has 0 saturated carbocycles. The molecule has 0 aromatic heterocycles. The summed E-state index contributed by atoms with van der Waals surface area (Å²) in [6.07, 6.45) is 1.91. The third kappa shape index (κ3) is 4.04. The van der Waals surface area contributed by atoms with Crippen LogP contribution in [0.25, 0.3) is 0 Å². The lowest BCUT2D eigenvalue weighted by atomic mass is 9.96. The number of ether oxygens (including phenoxy) is 1. The standard InChI is InChI=1S/C25H32N2O4S/c1-17(2)20-9-10-23(31-4)24(16-20)32(29,30)26-13-11-19(12-14-26)25(28)27-18(3)15-21-7-5-6-8-22(21)27/h5-10,16-19H,11-15H2,1-4H3. The number of amides is 1. The first kappa shape index (κ1) is 22.8. The minimum Gasteiger partial charge on any atom is -0.495 e. The van der Waals surface area contributed by atoms with Crippen molar-refractivity contribution in [1.82, 2.24) is 4.31 Å². The number of methoxy groups -OCH3 is 1. The fraction of sp³-hybridized carbons (Fsp3) is 0.480. The van der Waals surface area contributed by atoms with Gasteiger partial charge in [0.2, 0.25) is 15.9 Å². The number of carbonyl (C=O) groups is 1. The molecule has 2 aromatic rings. The van der Waals surface area contributed by atoms with Crippen LogP contribution < -0.4 is 9.64 Å². The summed E-state index contributed by atoms with van der Waals surface area (Å²) in [7, 11) is -2.22. The minimum absolute atomic E-state index is 0.110. The molecular formula is C25H32N2O4S. The molecule has 0 radical (unpaired) electrons. The number of para-hydroxylation sites is 1. The molecule has 1 amide bonds. The van der Waals surface area contributed by atoms with Crippen LogP contribution in [-0.2, 0) is 21.2 Å². The molecule has 172 valence electrons. The Kier molecular flexibility index (Phi) is 6.32. The van der Waals surface area contributed by atoms with Crippen molar-refractivity contribution < 1.29 is 17.9 Å². The molecule has 2 aliphatic rings. The maximum absolute atomic E-state index is 13.4. The molecule has 32 heavy (non-hydrogen) atoms. The van der Waals surface area contributed by atoms with E-state index in [9.17, 15) is 13.2 Å². The maximum Gasteiger partial charge on any atom is 0.246 e. The highest BCUT2D eigenvalue weighted by molar-refractivity contribution is 7.89. The van der Waals surface area contributed by atoms with Gasteiger partial charge in [0.1, 0.15) is 10.6 Å². The summed E-state index contributed by atoms with van der Waals surface area (Å²) in [4.78, 5) is 15.5. The lowest BCUT2D eigenvalue weighted by Crippen LogP contribution is -2.46. The predicted molar refractivity (Wildman–Crippen MR) is 126 cm³/mol. The van der Waals surface area contributed by atoms with Gasteiger partial charge in [-0.05, 0) is 61.4 Å². The van der Waals surface area contributed by atoms with E-state index in [-0.39, 0.29) is 28.7 Å². The monoisotopic (exact) mass is 456 g/mol. The molecule has 1 atom stereocenters. The van der Waals surface area contributed by atoms with E-state index < -0.39 is 10.0 Å². The fourth-order valence-corrected chi connectivity index (χ4v) is 6.49. The van der Waals surface area contributed by atoms with E-state index in [1.165, 1.54) is 17.0 Å². The summed E-state index contributed by atoms with van der Waals surface area (Å²) in [5.41, 5.74) is 3.15. The van der Waals surface area contributed by atoms with Gasteiger partial charge >= 0.3 is 0 Å². The SMILES string of the molecule is COc1ccc(C(C)C)cc1S(=O)(=O)N1CCC(C(=O)N2c3ccccc3CC2C)CC1. The minimum atomic E-state index is -3.70. The van der Waals surface area contributed by atoms with Crippen molar-refractivity contribution in [3.63, 3.8) is 0 Å². The first-order valence-electron chi connectivity index (χ1n) is 11.3. The Hall–Kier alpha value is -2.38. The van der Waals surface area contributed by atoms with Crippen molar-refractivity contribution in [2.24, 2.45) is 5.92 Å². The van der Waals surface area contributed by atoms with Gasteiger partial charge in [0.15, 0.2) is 0 Å². The number of anilines is 1. The Morgan fingerprint density at radius 2 is 1.78 bits per heavy atom. The zero-order valence-electron chi connectivity index (χ0n) is 19.2. The number of piperidine rings is 1. The van der Waals surface area contributed by atoms with Crippen molar-refractivity contribution in [3.05, 3.63) is 53.6 Å². The van der Waals surface area contributed by atoms with Gasteiger partial charge in [-0.3, -0.25) is 4.79 Å². The second kappa shape index (κ2) is 8.87. The van der Waals surface area contributed by atoms with Crippen molar-refractivity contribution in [1.29, 1.82) is 0 Å². The van der Waals surface area contributed by atoms with Crippen LogP contribution >= 0.6 is 0 Å². The molecule has 1 unspecified atom stereocenters. The normalized spacial score (nSPS) is 19.9. The van der Waals surface area contributed by atoms with Gasteiger partial charge < -0.3 is 9.64 Å². The number of rotatable bonds is 5. The van der Waals surface area contributed by atoms with Gasteiger partial charge in [-0.2, -0.15) is 4.31 Å². The van der Waals surface area contributed by atoms with E-state index in [0.29, 0.717) is 31.7 Å². The lowest BCUT2D eigenvalue weighted by Gasteiger charge is -2.34. The molecule has 0 aliphatic carbocycles. The molecule has 6 nitrogen and oxygen atoms in total. The molecule has 2 aromatic carbocycles. The third-order valence-corrected chi connectivity index (χ3v) is 8.64. The first-order valence-corrected chi connectivity index (χ1v) is 12.8. The Balaban J connectivity index is 1.50. The van der Waals surface area contributed by atoms with Crippen LogP contribution in [0.1, 0.15) is 50.7 Å². The first-order chi connectivity index (χ1) is 15.2. The number of fused-ring (bicyclic) bond motifs is 1. The third-order valence-electron chi connectivity index (χ3n) is 6.72. The van der Waals surface area contributed by atoms with E-state index in [1.807, 2.05) is 43.0 Å². The fourth-order valence-electron chi connectivity index (χ4n) is 4.83. The van der Waals surface area contributed by atoms with Crippen molar-refractivity contribution in [3.8, 4) is 5.75 Å². The van der Waals surface area contributed by atoms with Crippen LogP contribution in [0.3, 0.4) is 0 Å². The number of hydrogen-bond acceptors (Lipinski definition) is 4. The Morgan fingerprint density at radius 1 is 1.09 bits per heavy atom. The van der Waals surface area contributed by atoms with Gasteiger partial charge in [0, 0.05) is 30.7 Å². The second-order valence-electron chi connectivity index (χ2n) is 9.13. The van der Waals surface area contributed by atoms with E-state index in [2.05, 4.69) is 13.0 Å².